The number of likely N-dealkylation sites (N-methyl/N-ethyl adjacent to an activating group) is 1. The van der Waals surface area contributed by atoms with Gasteiger partial charge in [0.15, 0.2) is 5.82 Å². The topological polar surface area (TPSA) is 108 Å². The molecule has 0 bridgehead atoms. The third-order valence-corrected chi connectivity index (χ3v) is 5.43. The lowest BCUT2D eigenvalue weighted by Crippen LogP contribution is -2.50. The number of aryl methyl sites for hydroxylation is 1. The molecule has 3 N–H and O–H groups in total. The molecule has 2 aliphatic rings. The molecule has 2 heterocycles. The molecular weight excluding hydrogens is 391 g/mol. The first kappa shape index (κ1) is 19.9. The van der Waals surface area contributed by atoms with Crippen molar-refractivity contribution < 1.29 is 18.7 Å². The van der Waals surface area contributed by atoms with E-state index in [4.69, 9.17) is 4.74 Å². The van der Waals surface area contributed by atoms with Gasteiger partial charge < -0.3 is 25.6 Å². The Labute approximate surface area is 173 Å². The molecular formula is C20H23FN6O3. The third kappa shape index (κ3) is 3.98. The fraction of sp³-hybridized carbons (Fsp3) is 0.400. The highest BCUT2D eigenvalue weighted by Crippen LogP contribution is 2.33. The standard InChI is InChI=1S/C20H23FN6O3/c1-10-16-17(27(3)11(2)18(28)25-16)26-19(22-10)23-13-8-14(9-13)24-20(29)30-15-6-4-12(21)5-7-15/h4-7,11,13-14H,8-9H2,1-3H3,(H,24,29)(H,25,28)(H,22,23,26)/t11-,13-,14-/m0/s1. The maximum atomic E-state index is 12.9. The Hall–Kier alpha value is -3.43. The normalized spacial score (nSPS) is 22.5. The highest BCUT2D eigenvalue weighted by atomic mass is 19.1. The zero-order valence-corrected chi connectivity index (χ0v) is 16.9. The zero-order valence-electron chi connectivity index (χ0n) is 16.9. The van der Waals surface area contributed by atoms with Crippen LogP contribution in [0.1, 0.15) is 25.5 Å². The van der Waals surface area contributed by atoms with Gasteiger partial charge in [-0.25, -0.2) is 14.2 Å². The van der Waals surface area contributed by atoms with Gasteiger partial charge in [-0.3, -0.25) is 4.79 Å². The van der Waals surface area contributed by atoms with E-state index in [2.05, 4.69) is 25.9 Å². The van der Waals surface area contributed by atoms with Gasteiger partial charge in [0.25, 0.3) is 0 Å². The van der Waals surface area contributed by atoms with Crippen LogP contribution < -0.4 is 25.6 Å². The Bertz CT molecular complexity index is 977. The van der Waals surface area contributed by atoms with Crippen LogP contribution in [0.15, 0.2) is 24.3 Å². The van der Waals surface area contributed by atoms with Crippen LogP contribution in [0.2, 0.25) is 0 Å². The van der Waals surface area contributed by atoms with Crippen LogP contribution in [0, 0.1) is 12.7 Å². The van der Waals surface area contributed by atoms with Gasteiger partial charge in [-0.2, -0.15) is 4.98 Å². The van der Waals surface area contributed by atoms with Crippen LogP contribution in [0.4, 0.5) is 26.6 Å². The smallest absolute Gasteiger partial charge is 0.410 e. The fourth-order valence-electron chi connectivity index (χ4n) is 3.45. The summed E-state index contributed by atoms with van der Waals surface area (Å²) in [5, 5.41) is 8.92. The monoisotopic (exact) mass is 414 g/mol. The Morgan fingerprint density at radius 2 is 1.93 bits per heavy atom. The van der Waals surface area contributed by atoms with E-state index in [1.165, 1.54) is 24.3 Å². The summed E-state index contributed by atoms with van der Waals surface area (Å²) in [6, 6.07) is 5.03. The second kappa shape index (κ2) is 7.77. The molecule has 158 valence electrons. The van der Waals surface area contributed by atoms with Gasteiger partial charge in [0.05, 0.1) is 5.69 Å². The van der Waals surface area contributed by atoms with E-state index in [-0.39, 0.29) is 29.8 Å². The van der Waals surface area contributed by atoms with Gasteiger partial charge >= 0.3 is 6.09 Å². The van der Waals surface area contributed by atoms with E-state index >= 15 is 0 Å². The fourth-order valence-corrected chi connectivity index (χ4v) is 3.45. The van der Waals surface area contributed by atoms with Crippen molar-refractivity contribution in [2.75, 3.05) is 22.6 Å². The van der Waals surface area contributed by atoms with Crippen LogP contribution in [-0.4, -0.2) is 47.1 Å². The first-order chi connectivity index (χ1) is 14.3. The molecule has 1 saturated carbocycles. The van der Waals surface area contributed by atoms with Crippen molar-refractivity contribution in [1.82, 2.24) is 15.3 Å². The van der Waals surface area contributed by atoms with Crippen LogP contribution in [0.3, 0.4) is 0 Å². The largest absolute Gasteiger partial charge is 0.412 e. The number of amides is 2. The molecule has 4 rings (SSSR count). The van der Waals surface area contributed by atoms with Crippen molar-refractivity contribution in [3.63, 3.8) is 0 Å². The molecule has 1 aromatic carbocycles. The van der Waals surface area contributed by atoms with E-state index in [0.29, 0.717) is 36.0 Å². The lowest BCUT2D eigenvalue weighted by atomic mass is 9.87. The zero-order chi connectivity index (χ0) is 21.4. The van der Waals surface area contributed by atoms with Crippen molar-refractivity contribution >= 4 is 29.5 Å². The molecule has 1 aromatic heterocycles. The van der Waals surface area contributed by atoms with Crippen molar-refractivity contribution in [3.8, 4) is 5.75 Å². The molecule has 1 fully saturated rings. The Morgan fingerprint density at radius 3 is 2.63 bits per heavy atom. The summed E-state index contributed by atoms with van der Waals surface area (Å²) in [7, 11) is 1.83. The number of carbonyl (C=O) groups excluding carboxylic acids is 2. The number of halogens is 1. The van der Waals surface area contributed by atoms with Crippen molar-refractivity contribution in [2.45, 2.75) is 44.8 Å². The molecule has 1 atom stereocenters. The number of hydrogen-bond acceptors (Lipinski definition) is 7. The summed E-state index contributed by atoms with van der Waals surface area (Å²) >= 11 is 0. The second-order valence-electron chi connectivity index (χ2n) is 7.60. The van der Waals surface area contributed by atoms with Crippen molar-refractivity contribution in [1.29, 1.82) is 0 Å². The summed E-state index contributed by atoms with van der Waals surface area (Å²) in [6.45, 7) is 3.64. The van der Waals surface area contributed by atoms with Crippen LogP contribution in [0.25, 0.3) is 0 Å². The second-order valence-corrected chi connectivity index (χ2v) is 7.60. The number of ether oxygens (including phenoxy) is 1. The molecule has 0 radical (unpaired) electrons. The predicted molar refractivity (Wildman–Crippen MR) is 109 cm³/mol. The number of nitrogens with zero attached hydrogens (tertiary/aromatic N) is 3. The first-order valence-electron chi connectivity index (χ1n) is 9.73. The molecule has 2 aromatic rings. The Balaban J connectivity index is 1.31. The van der Waals surface area contributed by atoms with Crippen LogP contribution in [0.5, 0.6) is 5.75 Å². The number of benzene rings is 1. The van der Waals surface area contributed by atoms with Crippen molar-refractivity contribution in [3.05, 3.63) is 35.8 Å². The summed E-state index contributed by atoms with van der Waals surface area (Å²) in [5.74, 6) is 0.968. The van der Waals surface area contributed by atoms with E-state index < -0.39 is 11.9 Å². The predicted octanol–water partition coefficient (Wildman–Crippen LogP) is 2.43. The molecule has 0 spiro atoms. The van der Waals surface area contributed by atoms with Crippen LogP contribution >= 0.6 is 0 Å². The number of aromatic nitrogens is 2. The van der Waals surface area contributed by atoms with Gasteiger partial charge in [-0.15, -0.1) is 0 Å². The maximum absolute atomic E-state index is 12.9. The highest BCUT2D eigenvalue weighted by Gasteiger charge is 2.33. The van der Waals surface area contributed by atoms with Gasteiger partial charge in [0.1, 0.15) is 23.3 Å². The molecule has 30 heavy (non-hydrogen) atoms. The molecule has 1 aliphatic heterocycles. The summed E-state index contributed by atoms with van der Waals surface area (Å²) in [5.41, 5.74) is 1.31. The van der Waals surface area contributed by atoms with Crippen LogP contribution in [-0.2, 0) is 4.79 Å². The average Bonchev–Trinajstić information content (AvgIpc) is 2.67. The minimum atomic E-state index is -0.572. The molecule has 0 saturated heterocycles. The lowest BCUT2D eigenvalue weighted by Gasteiger charge is -2.37. The molecule has 9 nitrogen and oxygen atoms in total. The van der Waals surface area contributed by atoms with E-state index in [9.17, 15) is 14.0 Å². The van der Waals surface area contributed by atoms with E-state index in [1.54, 1.807) is 0 Å². The number of nitrogens with one attached hydrogen (secondary N) is 3. The summed E-state index contributed by atoms with van der Waals surface area (Å²) < 4.78 is 18.0. The minimum absolute atomic E-state index is 0.0313. The maximum Gasteiger partial charge on any atom is 0.412 e. The van der Waals surface area contributed by atoms with E-state index in [0.717, 1.165) is 0 Å². The number of hydrogen-bond donors (Lipinski definition) is 3. The third-order valence-electron chi connectivity index (χ3n) is 5.43. The van der Waals surface area contributed by atoms with Gasteiger partial charge in [0.2, 0.25) is 11.9 Å². The summed E-state index contributed by atoms with van der Waals surface area (Å²) in [6.07, 6.45) is 0.819. The lowest BCUT2D eigenvalue weighted by molar-refractivity contribution is -0.117. The molecule has 1 aliphatic carbocycles. The first-order valence-corrected chi connectivity index (χ1v) is 9.73. The average molecular weight is 414 g/mol. The highest BCUT2D eigenvalue weighted by molar-refractivity contribution is 6.03. The number of anilines is 3. The van der Waals surface area contributed by atoms with Gasteiger partial charge in [-0.1, -0.05) is 0 Å². The van der Waals surface area contributed by atoms with Gasteiger partial charge in [0, 0.05) is 19.1 Å². The van der Waals surface area contributed by atoms with E-state index in [1.807, 2.05) is 25.8 Å². The number of carbonyl (C=O) groups is 2. The SMILES string of the molecule is Cc1nc(N[C@H]2C[C@H](NC(=O)Oc3ccc(F)cc3)C2)nc2c1NC(=O)[C@H](C)N2C. The number of fused-ring (bicyclic) bond motifs is 1. The van der Waals surface area contributed by atoms with Crippen molar-refractivity contribution in [2.24, 2.45) is 0 Å². The molecule has 2 amide bonds. The Kier molecular flexibility index (Phi) is 5.15. The minimum Gasteiger partial charge on any atom is -0.410 e. The van der Waals surface area contributed by atoms with Gasteiger partial charge in [-0.05, 0) is 51.0 Å². The molecule has 0 unspecified atom stereocenters. The summed E-state index contributed by atoms with van der Waals surface area (Å²) in [4.78, 5) is 34.8. The molecule has 10 heteroatoms. The number of rotatable bonds is 4. The quantitative estimate of drug-likeness (QED) is 0.705. The Morgan fingerprint density at radius 1 is 1.23 bits per heavy atom.